The lowest BCUT2D eigenvalue weighted by Gasteiger charge is -2.10. The van der Waals surface area contributed by atoms with E-state index in [4.69, 9.17) is 27.4 Å². The normalized spacial score (nSPS) is 9.95. The molecule has 2 rings (SSSR count). The summed E-state index contributed by atoms with van der Waals surface area (Å²) in [5, 5.41) is 0. The van der Waals surface area contributed by atoms with Crippen LogP contribution in [0.5, 0.6) is 17.4 Å². The van der Waals surface area contributed by atoms with Gasteiger partial charge in [0.2, 0.25) is 5.88 Å². The first-order valence-electron chi connectivity index (χ1n) is 5.87. The van der Waals surface area contributed by atoms with E-state index in [1.807, 2.05) is 31.2 Å². The number of pyridine rings is 1. The highest BCUT2D eigenvalue weighted by Gasteiger charge is 2.07. The van der Waals surface area contributed by atoms with Gasteiger partial charge in [0.1, 0.15) is 10.7 Å². The molecular formula is C14H14N2O2S. The van der Waals surface area contributed by atoms with E-state index in [0.29, 0.717) is 29.7 Å². The van der Waals surface area contributed by atoms with Crippen molar-refractivity contribution in [3.05, 3.63) is 48.2 Å². The Morgan fingerprint density at radius 3 is 2.58 bits per heavy atom. The first-order valence-corrected chi connectivity index (χ1v) is 6.28. The van der Waals surface area contributed by atoms with Crippen LogP contribution in [-0.2, 0) is 0 Å². The quantitative estimate of drug-likeness (QED) is 0.850. The minimum atomic E-state index is 0.239. The number of para-hydroxylation sites is 2. The van der Waals surface area contributed by atoms with Crippen LogP contribution in [0.2, 0.25) is 0 Å². The number of rotatable bonds is 5. The summed E-state index contributed by atoms with van der Waals surface area (Å²) in [5.41, 5.74) is 6.07. The van der Waals surface area contributed by atoms with Gasteiger partial charge < -0.3 is 15.2 Å². The van der Waals surface area contributed by atoms with E-state index < -0.39 is 0 Å². The highest BCUT2D eigenvalue weighted by molar-refractivity contribution is 7.80. The molecule has 1 aromatic carbocycles. The first-order chi connectivity index (χ1) is 9.20. The first kappa shape index (κ1) is 13.3. The Hall–Kier alpha value is -2.14. The van der Waals surface area contributed by atoms with Gasteiger partial charge in [-0.05, 0) is 25.1 Å². The van der Waals surface area contributed by atoms with Crippen molar-refractivity contribution < 1.29 is 9.47 Å². The van der Waals surface area contributed by atoms with Gasteiger partial charge in [-0.2, -0.15) is 0 Å². The number of nitrogens with zero attached hydrogens (tertiary/aromatic N) is 1. The molecular weight excluding hydrogens is 260 g/mol. The molecule has 5 heteroatoms. The van der Waals surface area contributed by atoms with Crippen LogP contribution in [0.15, 0.2) is 42.5 Å². The Morgan fingerprint density at radius 2 is 1.89 bits per heavy atom. The monoisotopic (exact) mass is 274 g/mol. The lowest BCUT2D eigenvalue weighted by Crippen LogP contribution is -2.11. The molecule has 0 radical (unpaired) electrons. The van der Waals surface area contributed by atoms with Crippen molar-refractivity contribution in [2.75, 3.05) is 6.61 Å². The molecule has 0 fully saturated rings. The van der Waals surface area contributed by atoms with Crippen molar-refractivity contribution in [3.63, 3.8) is 0 Å². The van der Waals surface area contributed by atoms with Crippen molar-refractivity contribution in [2.45, 2.75) is 6.92 Å². The van der Waals surface area contributed by atoms with Crippen molar-refractivity contribution in [2.24, 2.45) is 5.73 Å². The molecule has 19 heavy (non-hydrogen) atoms. The maximum absolute atomic E-state index is 5.70. The summed E-state index contributed by atoms with van der Waals surface area (Å²) in [6.45, 7) is 2.49. The second kappa shape index (κ2) is 6.15. The number of hydrogen-bond donors (Lipinski definition) is 1. The molecule has 0 saturated carbocycles. The van der Waals surface area contributed by atoms with Gasteiger partial charge in [0, 0.05) is 6.07 Å². The average Bonchev–Trinajstić information content (AvgIpc) is 2.41. The Kier molecular flexibility index (Phi) is 4.30. The van der Waals surface area contributed by atoms with Crippen LogP contribution in [0.1, 0.15) is 12.6 Å². The highest BCUT2D eigenvalue weighted by Crippen LogP contribution is 2.30. The summed E-state index contributed by atoms with van der Waals surface area (Å²) in [4.78, 5) is 4.46. The minimum absolute atomic E-state index is 0.239. The summed E-state index contributed by atoms with van der Waals surface area (Å²) >= 11 is 4.89. The Bertz CT molecular complexity index is 587. The van der Waals surface area contributed by atoms with Crippen molar-refractivity contribution in [3.8, 4) is 17.4 Å². The van der Waals surface area contributed by atoms with Crippen LogP contribution in [0.4, 0.5) is 0 Å². The zero-order valence-electron chi connectivity index (χ0n) is 10.5. The fraction of sp³-hybridized carbons (Fsp3) is 0.143. The zero-order chi connectivity index (χ0) is 13.7. The molecule has 1 aromatic heterocycles. The van der Waals surface area contributed by atoms with E-state index in [9.17, 15) is 0 Å². The number of benzene rings is 1. The molecule has 0 atom stereocenters. The van der Waals surface area contributed by atoms with E-state index in [1.54, 1.807) is 18.2 Å². The summed E-state index contributed by atoms with van der Waals surface area (Å²) < 4.78 is 11.2. The van der Waals surface area contributed by atoms with Gasteiger partial charge in [-0.3, -0.25) is 0 Å². The second-order valence-electron chi connectivity index (χ2n) is 3.71. The molecule has 0 spiro atoms. The molecule has 0 aliphatic carbocycles. The molecule has 4 nitrogen and oxygen atoms in total. The number of thiocarbonyl (C=S) groups is 1. The van der Waals surface area contributed by atoms with Crippen molar-refractivity contribution in [1.29, 1.82) is 0 Å². The molecule has 0 bridgehead atoms. The molecule has 0 saturated heterocycles. The maximum atomic E-state index is 5.70. The summed E-state index contributed by atoms with van der Waals surface area (Å²) in [6, 6.07) is 12.7. The molecule has 0 unspecified atom stereocenters. The van der Waals surface area contributed by atoms with E-state index >= 15 is 0 Å². The van der Waals surface area contributed by atoms with Crippen molar-refractivity contribution >= 4 is 17.2 Å². The number of hydrogen-bond acceptors (Lipinski definition) is 4. The van der Waals surface area contributed by atoms with Gasteiger partial charge in [0.15, 0.2) is 11.5 Å². The summed E-state index contributed by atoms with van der Waals surface area (Å²) in [6.07, 6.45) is 0. The van der Waals surface area contributed by atoms with Gasteiger partial charge in [-0.15, -0.1) is 0 Å². The van der Waals surface area contributed by atoms with Crippen LogP contribution in [0.3, 0.4) is 0 Å². The maximum Gasteiger partial charge on any atom is 0.220 e. The Labute approximate surface area is 117 Å². The van der Waals surface area contributed by atoms with Crippen LogP contribution in [0.25, 0.3) is 0 Å². The van der Waals surface area contributed by atoms with Gasteiger partial charge in [-0.1, -0.05) is 30.4 Å². The standard InChI is InChI=1S/C14H14N2O2S/c1-2-17-11-7-3-4-8-12(11)18-13-9-5-6-10(16-13)14(15)19/h3-9H,2H2,1H3,(H2,15,19). The number of nitrogens with two attached hydrogens (primary N) is 1. The van der Waals surface area contributed by atoms with E-state index in [1.165, 1.54) is 0 Å². The van der Waals surface area contributed by atoms with Crippen molar-refractivity contribution in [1.82, 2.24) is 4.98 Å². The molecule has 2 N–H and O–H groups in total. The molecule has 98 valence electrons. The molecule has 2 aromatic rings. The largest absolute Gasteiger partial charge is 0.490 e. The lowest BCUT2D eigenvalue weighted by atomic mass is 10.3. The molecule has 1 heterocycles. The van der Waals surface area contributed by atoms with Crippen LogP contribution in [-0.4, -0.2) is 16.6 Å². The highest BCUT2D eigenvalue weighted by atomic mass is 32.1. The topological polar surface area (TPSA) is 57.4 Å². The second-order valence-corrected chi connectivity index (χ2v) is 4.15. The predicted octanol–water partition coefficient (Wildman–Crippen LogP) is 2.91. The van der Waals surface area contributed by atoms with E-state index in [-0.39, 0.29) is 4.99 Å². The summed E-state index contributed by atoms with van der Waals surface area (Å²) in [5.74, 6) is 1.71. The van der Waals surface area contributed by atoms with Crippen LogP contribution < -0.4 is 15.2 Å². The smallest absolute Gasteiger partial charge is 0.220 e. The minimum Gasteiger partial charge on any atom is -0.490 e. The van der Waals surface area contributed by atoms with Gasteiger partial charge in [-0.25, -0.2) is 4.98 Å². The molecule has 0 amide bonds. The van der Waals surface area contributed by atoms with Gasteiger partial charge in [0.05, 0.1) is 6.61 Å². The third kappa shape index (κ3) is 3.42. The van der Waals surface area contributed by atoms with E-state index in [0.717, 1.165) is 0 Å². The molecule has 0 aliphatic rings. The zero-order valence-corrected chi connectivity index (χ0v) is 11.3. The Balaban J connectivity index is 2.26. The summed E-state index contributed by atoms with van der Waals surface area (Å²) in [7, 11) is 0. The van der Waals surface area contributed by atoms with Gasteiger partial charge >= 0.3 is 0 Å². The number of ether oxygens (including phenoxy) is 2. The van der Waals surface area contributed by atoms with Gasteiger partial charge in [0.25, 0.3) is 0 Å². The molecule has 0 aliphatic heterocycles. The predicted molar refractivity (Wildman–Crippen MR) is 77.8 cm³/mol. The van der Waals surface area contributed by atoms with Crippen LogP contribution >= 0.6 is 12.2 Å². The lowest BCUT2D eigenvalue weighted by molar-refractivity contribution is 0.319. The third-order valence-electron chi connectivity index (χ3n) is 2.34. The number of aromatic nitrogens is 1. The van der Waals surface area contributed by atoms with E-state index in [2.05, 4.69) is 4.98 Å². The fourth-order valence-electron chi connectivity index (χ4n) is 1.53. The Morgan fingerprint density at radius 1 is 1.16 bits per heavy atom. The fourth-order valence-corrected chi connectivity index (χ4v) is 1.64. The van der Waals surface area contributed by atoms with Crippen LogP contribution in [0, 0.1) is 0 Å². The SMILES string of the molecule is CCOc1ccccc1Oc1cccc(C(N)=S)n1. The average molecular weight is 274 g/mol. The third-order valence-corrected chi connectivity index (χ3v) is 2.55.